The summed E-state index contributed by atoms with van der Waals surface area (Å²) < 4.78 is 12.2. The molecule has 0 bridgehead atoms. The molecule has 18 heavy (non-hydrogen) atoms. The van der Waals surface area contributed by atoms with Crippen LogP contribution in [0, 0.1) is 0 Å². The zero-order valence-electron chi connectivity index (χ0n) is 12.1. The highest BCUT2D eigenvalue weighted by Crippen LogP contribution is 2.30. The molecule has 1 aromatic heterocycles. The highest BCUT2D eigenvalue weighted by Gasteiger charge is 2.28. The summed E-state index contributed by atoms with van der Waals surface area (Å²) >= 11 is 0. The van der Waals surface area contributed by atoms with E-state index < -0.39 is 16.4 Å². The lowest BCUT2D eigenvalue weighted by Crippen LogP contribution is -2.37. The van der Waals surface area contributed by atoms with Crippen molar-refractivity contribution in [2.45, 2.75) is 39.3 Å². The summed E-state index contributed by atoms with van der Waals surface area (Å²) in [4.78, 5) is 0. The van der Waals surface area contributed by atoms with Crippen LogP contribution < -0.4 is 9.81 Å². The van der Waals surface area contributed by atoms with Crippen LogP contribution in [0.5, 0.6) is 5.95 Å². The molecule has 0 atom stereocenters. The third-order valence-corrected chi connectivity index (χ3v) is 5.20. The second-order valence-electron chi connectivity index (χ2n) is 6.73. The first-order valence-corrected chi connectivity index (χ1v) is 13.3. The molecule has 98 valence electrons. The Bertz CT molecular complexity index is 559. The molecule has 0 aliphatic carbocycles. The quantitative estimate of drug-likeness (QED) is 0.785. The van der Waals surface area contributed by atoms with Gasteiger partial charge in [-0.15, -0.1) is 0 Å². The first-order chi connectivity index (χ1) is 8.18. The van der Waals surface area contributed by atoms with Gasteiger partial charge >= 0.3 is 0 Å². The van der Waals surface area contributed by atoms with Gasteiger partial charge in [0, 0.05) is 5.39 Å². The van der Waals surface area contributed by atoms with E-state index in [1.807, 2.05) is 6.07 Å². The van der Waals surface area contributed by atoms with E-state index in [1.54, 1.807) is 0 Å². The zero-order chi connectivity index (χ0) is 13.6. The van der Waals surface area contributed by atoms with E-state index in [0.717, 1.165) is 16.7 Å². The summed E-state index contributed by atoms with van der Waals surface area (Å²) in [5.74, 6) is 0.724. The molecule has 0 N–H and O–H groups in total. The molecular weight excluding hydrogens is 256 g/mol. The normalized spacial score (nSPS) is 13.0. The van der Waals surface area contributed by atoms with Crippen molar-refractivity contribution in [2.75, 3.05) is 0 Å². The van der Waals surface area contributed by atoms with Gasteiger partial charge in [0.1, 0.15) is 8.07 Å². The van der Waals surface area contributed by atoms with Crippen LogP contribution in [0.25, 0.3) is 10.8 Å². The second-order valence-corrected chi connectivity index (χ2v) is 16.1. The molecule has 2 aromatic rings. The van der Waals surface area contributed by atoms with Crippen LogP contribution in [-0.4, -0.2) is 16.4 Å². The summed E-state index contributed by atoms with van der Waals surface area (Å²) in [6.45, 7) is 13.4. The predicted octanol–water partition coefficient (Wildman–Crippen LogP) is 4.19. The minimum absolute atomic E-state index is 0.724. The van der Waals surface area contributed by atoms with Gasteiger partial charge in [0.25, 0.3) is 5.95 Å². The monoisotopic (exact) mass is 278 g/mol. The summed E-state index contributed by atoms with van der Waals surface area (Å²) in [5, 5.41) is 3.49. The largest absolute Gasteiger partial charge is 0.519 e. The molecule has 0 saturated heterocycles. The number of fused-ring (bicyclic) bond motifs is 1. The van der Waals surface area contributed by atoms with Crippen molar-refractivity contribution in [1.82, 2.24) is 0 Å². The van der Waals surface area contributed by atoms with Crippen molar-refractivity contribution < 1.29 is 8.84 Å². The Morgan fingerprint density at radius 2 is 1.44 bits per heavy atom. The maximum Gasteiger partial charge on any atom is 0.278 e. The van der Waals surface area contributed by atoms with Gasteiger partial charge in [-0.05, 0) is 25.7 Å². The first kappa shape index (κ1) is 13.4. The highest BCUT2D eigenvalue weighted by molar-refractivity contribution is 6.89. The lowest BCUT2D eigenvalue weighted by molar-refractivity contribution is 0.403. The fourth-order valence-electron chi connectivity index (χ4n) is 1.97. The third kappa shape index (κ3) is 2.70. The number of rotatable bonds is 3. The van der Waals surface area contributed by atoms with E-state index in [9.17, 15) is 0 Å². The van der Waals surface area contributed by atoms with Crippen molar-refractivity contribution in [2.24, 2.45) is 0 Å². The second kappa shape index (κ2) is 4.28. The molecule has 2 rings (SSSR count). The van der Waals surface area contributed by atoms with E-state index in [4.69, 9.17) is 8.84 Å². The fraction of sp³-hybridized carbons (Fsp3) is 0.429. The first-order valence-electron chi connectivity index (χ1n) is 6.39. The van der Waals surface area contributed by atoms with E-state index in [1.165, 1.54) is 5.39 Å². The fourth-order valence-corrected chi connectivity index (χ4v) is 4.11. The van der Waals surface area contributed by atoms with E-state index in [2.05, 4.69) is 57.5 Å². The Balaban J connectivity index is 2.62. The third-order valence-electron chi connectivity index (χ3n) is 2.67. The molecule has 0 aliphatic heterocycles. The number of benzene rings is 1. The summed E-state index contributed by atoms with van der Waals surface area (Å²) in [6.07, 6.45) is 0. The lowest BCUT2D eigenvalue weighted by atomic mass is 10.2. The van der Waals surface area contributed by atoms with Gasteiger partial charge in [-0.25, -0.2) is 0 Å². The van der Waals surface area contributed by atoms with Crippen molar-refractivity contribution in [1.29, 1.82) is 0 Å². The van der Waals surface area contributed by atoms with Gasteiger partial charge in [0.05, 0.1) is 10.8 Å². The van der Waals surface area contributed by atoms with Gasteiger partial charge in [-0.2, -0.15) is 0 Å². The number of hydrogen-bond donors (Lipinski definition) is 0. The molecule has 1 heterocycles. The minimum atomic E-state index is -1.64. The Kier molecular flexibility index (Phi) is 3.19. The van der Waals surface area contributed by atoms with Crippen LogP contribution >= 0.6 is 0 Å². The van der Waals surface area contributed by atoms with Crippen molar-refractivity contribution in [3.05, 3.63) is 24.3 Å². The highest BCUT2D eigenvalue weighted by atomic mass is 28.4. The van der Waals surface area contributed by atoms with Crippen LogP contribution in [0.15, 0.2) is 28.7 Å². The lowest BCUT2D eigenvalue weighted by Gasteiger charge is -2.17. The Labute approximate surface area is 111 Å². The molecule has 0 fully saturated rings. The van der Waals surface area contributed by atoms with Crippen LogP contribution in [0.3, 0.4) is 0 Å². The van der Waals surface area contributed by atoms with Crippen LogP contribution in [-0.2, 0) is 0 Å². The topological polar surface area (TPSA) is 22.4 Å². The molecule has 2 nitrogen and oxygen atoms in total. The number of furan rings is 1. The average Bonchev–Trinajstić information content (AvgIpc) is 2.55. The van der Waals surface area contributed by atoms with Crippen LogP contribution in [0.4, 0.5) is 0 Å². The molecule has 0 saturated carbocycles. The molecule has 0 aliphatic rings. The summed E-state index contributed by atoms with van der Waals surface area (Å²) in [5.41, 5.74) is 0. The smallest absolute Gasteiger partial charge is 0.278 e. The van der Waals surface area contributed by atoms with Crippen molar-refractivity contribution >= 4 is 32.5 Å². The molecule has 0 amide bonds. The Morgan fingerprint density at radius 1 is 0.889 bits per heavy atom. The molecule has 4 heteroatoms. The van der Waals surface area contributed by atoms with Gasteiger partial charge in [-0.3, -0.25) is 0 Å². The number of hydrogen-bond acceptors (Lipinski definition) is 2. The predicted molar refractivity (Wildman–Crippen MR) is 83.2 cm³/mol. The van der Waals surface area contributed by atoms with Gasteiger partial charge < -0.3 is 8.84 Å². The van der Waals surface area contributed by atoms with E-state index in [0.29, 0.717) is 0 Å². The van der Waals surface area contributed by atoms with Gasteiger partial charge in [0.15, 0.2) is 0 Å². The average molecular weight is 278 g/mol. The van der Waals surface area contributed by atoms with Gasteiger partial charge in [-0.1, -0.05) is 37.8 Å². The molecule has 0 radical (unpaired) electrons. The zero-order valence-corrected chi connectivity index (χ0v) is 14.1. The van der Waals surface area contributed by atoms with Gasteiger partial charge in [0.2, 0.25) is 8.32 Å². The molecule has 1 aromatic carbocycles. The molecular formula is C14H22O2Si2. The van der Waals surface area contributed by atoms with Crippen LogP contribution in [0.1, 0.15) is 0 Å². The maximum absolute atomic E-state index is 6.09. The maximum atomic E-state index is 6.09. The minimum Gasteiger partial charge on any atom is -0.519 e. The van der Waals surface area contributed by atoms with E-state index in [-0.39, 0.29) is 0 Å². The molecule has 0 spiro atoms. The summed E-state index contributed by atoms with van der Waals surface area (Å²) in [7, 11) is -3.12. The molecule has 0 unspecified atom stereocenters. The summed E-state index contributed by atoms with van der Waals surface area (Å²) in [6, 6.07) is 8.35. The van der Waals surface area contributed by atoms with Crippen molar-refractivity contribution in [3.63, 3.8) is 0 Å². The SMILES string of the molecule is C[Si](C)(C)Oc1oc([Si](C)(C)C)c2ccccc12. The standard InChI is InChI=1S/C14H22O2Si2/c1-17(2,3)14-12-10-8-7-9-11(12)13(15-14)16-18(4,5)6/h7-10H,1-6H3. The van der Waals surface area contributed by atoms with Crippen molar-refractivity contribution in [3.8, 4) is 5.95 Å². The Morgan fingerprint density at radius 3 is 1.94 bits per heavy atom. The Hall–Kier alpha value is -1.01. The van der Waals surface area contributed by atoms with E-state index >= 15 is 0 Å². The van der Waals surface area contributed by atoms with Crippen LogP contribution in [0.2, 0.25) is 39.3 Å².